The second kappa shape index (κ2) is 11.6. The van der Waals surface area contributed by atoms with E-state index in [1.807, 2.05) is 6.07 Å². The lowest BCUT2D eigenvalue weighted by Gasteiger charge is -2.39. The van der Waals surface area contributed by atoms with Crippen molar-refractivity contribution < 1.29 is 16.8 Å². The topological polar surface area (TPSA) is 87.7 Å². The highest BCUT2D eigenvalue weighted by Crippen LogP contribution is 2.40. The Morgan fingerprint density at radius 2 is 0.816 bits per heavy atom. The molecule has 0 unspecified atom stereocenters. The van der Waals surface area contributed by atoms with Crippen LogP contribution in [0.15, 0.2) is 21.9 Å². The molecule has 0 radical (unpaired) electrons. The van der Waals surface area contributed by atoms with Crippen LogP contribution in [0.4, 0.5) is 11.4 Å². The number of hydrogen-bond acceptors (Lipinski definition) is 8. The van der Waals surface area contributed by atoms with Crippen LogP contribution in [0.3, 0.4) is 0 Å². The van der Waals surface area contributed by atoms with Gasteiger partial charge in [-0.3, -0.25) is 0 Å². The first-order chi connectivity index (χ1) is 18.2. The Labute approximate surface area is 229 Å². The molecular weight excluding hydrogens is 524 g/mol. The SMILES string of the molecule is CN1CCN(c2cc(N3CCN(C)CC3)c(S(=O)(=O)N3CCCCC3)cc2S(=O)(=O)N2CCCCC2)CC1. The summed E-state index contributed by atoms with van der Waals surface area (Å²) in [5.41, 5.74) is 1.30. The van der Waals surface area contributed by atoms with Crippen LogP contribution in [0.5, 0.6) is 0 Å². The summed E-state index contributed by atoms with van der Waals surface area (Å²) in [6.45, 7) is 8.11. The molecular formula is C26H44N6O4S2. The molecule has 0 spiro atoms. The Bertz CT molecular complexity index is 1090. The van der Waals surface area contributed by atoms with E-state index < -0.39 is 20.0 Å². The fourth-order valence-electron chi connectivity index (χ4n) is 6.03. The molecule has 4 heterocycles. The lowest BCUT2D eigenvalue weighted by molar-refractivity contribution is 0.310. The third-order valence-electron chi connectivity index (χ3n) is 8.59. The minimum atomic E-state index is -3.86. The fourth-order valence-corrected chi connectivity index (χ4v) is 9.58. The number of benzene rings is 1. The van der Waals surface area contributed by atoms with E-state index in [0.29, 0.717) is 63.7 Å². The molecule has 0 N–H and O–H groups in total. The van der Waals surface area contributed by atoms with Gasteiger partial charge in [0.15, 0.2) is 0 Å². The average Bonchev–Trinajstić information content (AvgIpc) is 2.94. The molecule has 4 aliphatic rings. The van der Waals surface area contributed by atoms with Gasteiger partial charge in [-0.25, -0.2) is 16.8 Å². The van der Waals surface area contributed by atoms with Crippen LogP contribution < -0.4 is 9.80 Å². The monoisotopic (exact) mass is 568 g/mol. The van der Waals surface area contributed by atoms with Crippen LogP contribution in [0.25, 0.3) is 0 Å². The van der Waals surface area contributed by atoms with Crippen molar-refractivity contribution in [2.75, 3.05) is 102 Å². The van der Waals surface area contributed by atoms with Crippen LogP contribution in [-0.4, -0.2) is 128 Å². The highest BCUT2D eigenvalue weighted by Gasteiger charge is 2.37. The Hall–Kier alpha value is -1.44. The van der Waals surface area contributed by atoms with Crippen molar-refractivity contribution in [2.24, 2.45) is 0 Å². The van der Waals surface area contributed by atoms with Gasteiger partial charge >= 0.3 is 0 Å². The molecule has 0 saturated carbocycles. The predicted molar refractivity (Wildman–Crippen MR) is 151 cm³/mol. The quantitative estimate of drug-likeness (QED) is 0.511. The van der Waals surface area contributed by atoms with Crippen LogP contribution >= 0.6 is 0 Å². The lowest BCUT2D eigenvalue weighted by Crippen LogP contribution is -2.47. The van der Waals surface area contributed by atoms with Gasteiger partial charge in [-0.1, -0.05) is 12.8 Å². The van der Waals surface area contributed by atoms with Crippen LogP contribution in [0.2, 0.25) is 0 Å². The number of anilines is 2. The summed E-state index contributed by atoms with van der Waals surface area (Å²) in [4.78, 5) is 9.08. The van der Waals surface area contributed by atoms with Crippen LogP contribution in [-0.2, 0) is 20.0 Å². The van der Waals surface area contributed by atoms with Crippen LogP contribution in [0, 0.1) is 0 Å². The van der Waals surface area contributed by atoms with E-state index in [1.165, 1.54) is 6.07 Å². The maximum atomic E-state index is 14.2. The molecule has 5 rings (SSSR count). The molecule has 214 valence electrons. The predicted octanol–water partition coefficient (Wildman–Crippen LogP) is 1.54. The molecule has 0 atom stereocenters. The summed E-state index contributed by atoms with van der Waals surface area (Å²) >= 11 is 0. The number of piperidine rings is 2. The van der Waals surface area contributed by atoms with Gasteiger partial charge in [0.05, 0.1) is 11.4 Å². The number of rotatable bonds is 6. The van der Waals surface area contributed by atoms with Gasteiger partial charge < -0.3 is 19.6 Å². The van der Waals surface area contributed by atoms with E-state index in [4.69, 9.17) is 0 Å². The second-order valence-corrected chi connectivity index (χ2v) is 15.1. The third kappa shape index (κ3) is 5.71. The van der Waals surface area contributed by atoms with Crippen LogP contribution in [0.1, 0.15) is 38.5 Å². The van der Waals surface area contributed by atoms with Gasteiger partial charge in [0.1, 0.15) is 9.79 Å². The number of likely N-dealkylation sites (N-methyl/N-ethyl adjacent to an activating group) is 2. The first-order valence-corrected chi connectivity index (χ1v) is 17.1. The molecule has 1 aromatic rings. The van der Waals surface area contributed by atoms with Gasteiger partial charge in [-0.2, -0.15) is 8.61 Å². The van der Waals surface area contributed by atoms with Gasteiger partial charge in [0.25, 0.3) is 0 Å². The lowest BCUT2D eigenvalue weighted by atomic mass is 10.2. The van der Waals surface area contributed by atoms with E-state index in [1.54, 1.807) is 8.61 Å². The summed E-state index contributed by atoms with van der Waals surface area (Å²) in [5.74, 6) is 0. The molecule has 4 aliphatic heterocycles. The van der Waals surface area contributed by atoms with E-state index in [0.717, 1.165) is 64.7 Å². The van der Waals surface area contributed by atoms with Crippen molar-refractivity contribution in [2.45, 2.75) is 48.3 Å². The average molecular weight is 569 g/mol. The second-order valence-electron chi connectivity index (χ2n) is 11.3. The standard InChI is InChI=1S/C26H44N6O4S2/c1-27-13-17-29(18-14-27)23-21-24(30-19-15-28(2)16-20-30)26(38(35,36)32-11-7-4-8-12-32)22-25(23)37(33,34)31-9-5-3-6-10-31/h21-22H,3-20H2,1-2H3. The van der Waals surface area contributed by atoms with Gasteiger partial charge in [0, 0.05) is 78.5 Å². The number of piperazine rings is 2. The molecule has 12 heteroatoms. The molecule has 1 aromatic carbocycles. The molecule has 4 saturated heterocycles. The summed E-state index contributed by atoms with van der Waals surface area (Å²) in [6, 6.07) is 3.42. The Morgan fingerprint density at radius 1 is 0.474 bits per heavy atom. The van der Waals surface area contributed by atoms with Gasteiger partial charge in [-0.05, 0) is 51.9 Å². The maximum Gasteiger partial charge on any atom is 0.245 e. The highest BCUT2D eigenvalue weighted by atomic mass is 32.2. The van der Waals surface area contributed by atoms with E-state index in [-0.39, 0.29) is 9.79 Å². The van der Waals surface area contributed by atoms with Crippen molar-refractivity contribution in [3.63, 3.8) is 0 Å². The smallest absolute Gasteiger partial charge is 0.245 e. The van der Waals surface area contributed by atoms with Gasteiger partial charge in [-0.15, -0.1) is 0 Å². The molecule has 0 amide bonds. The first-order valence-electron chi connectivity index (χ1n) is 14.2. The zero-order valence-corrected chi connectivity index (χ0v) is 24.6. The van der Waals surface area contributed by atoms with Crippen molar-refractivity contribution in [1.82, 2.24) is 18.4 Å². The van der Waals surface area contributed by atoms with Crippen molar-refractivity contribution in [3.8, 4) is 0 Å². The molecule has 0 aliphatic carbocycles. The zero-order valence-electron chi connectivity index (χ0n) is 23.0. The van der Waals surface area contributed by atoms with E-state index in [2.05, 4.69) is 33.7 Å². The molecule has 38 heavy (non-hydrogen) atoms. The Kier molecular flexibility index (Phi) is 8.56. The van der Waals surface area contributed by atoms with E-state index in [9.17, 15) is 16.8 Å². The Balaban J connectivity index is 1.67. The minimum absolute atomic E-state index is 0.150. The van der Waals surface area contributed by atoms with Crippen molar-refractivity contribution in [1.29, 1.82) is 0 Å². The summed E-state index contributed by atoms with van der Waals surface area (Å²) in [6.07, 6.45) is 5.38. The summed E-state index contributed by atoms with van der Waals surface area (Å²) in [7, 11) is -3.56. The summed E-state index contributed by atoms with van der Waals surface area (Å²) in [5, 5.41) is 0. The van der Waals surface area contributed by atoms with Crippen molar-refractivity contribution >= 4 is 31.4 Å². The molecule has 10 nitrogen and oxygen atoms in total. The number of nitrogens with zero attached hydrogens (tertiary/aromatic N) is 6. The maximum absolute atomic E-state index is 14.2. The molecule has 4 fully saturated rings. The zero-order chi connectivity index (χ0) is 26.9. The number of sulfonamides is 2. The minimum Gasteiger partial charge on any atom is -0.368 e. The third-order valence-corrected chi connectivity index (χ3v) is 12.4. The van der Waals surface area contributed by atoms with Crippen molar-refractivity contribution in [3.05, 3.63) is 12.1 Å². The highest BCUT2D eigenvalue weighted by molar-refractivity contribution is 7.90. The molecule has 0 bridgehead atoms. The summed E-state index contributed by atoms with van der Waals surface area (Å²) < 4.78 is 59.8. The Morgan fingerprint density at radius 3 is 1.16 bits per heavy atom. The van der Waals surface area contributed by atoms with E-state index >= 15 is 0 Å². The van der Waals surface area contributed by atoms with Gasteiger partial charge in [0.2, 0.25) is 20.0 Å². The first kappa shape index (κ1) is 28.1. The normalized spacial score (nSPS) is 24.2. The molecule has 0 aromatic heterocycles. The fraction of sp³-hybridized carbons (Fsp3) is 0.769. The number of hydrogen-bond donors (Lipinski definition) is 0. The largest absolute Gasteiger partial charge is 0.368 e.